The zero-order chi connectivity index (χ0) is 15.1. The zero-order valence-electron chi connectivity index (χ0n) is 11.5. The summed E-state index contributed by atoms with van der Waals surface area (Å²) in [6, 6.07) is 4.69. The molecule has 0 saturated heterocycles. The highest BCUT2D eigenvalue weighted by Crippen LogP contribution is 2.25. The van der Waals surface area contributed by atoms with Crippen molar-refractivity contribution in [2.24, 2.45) is 0 Å². The van der Waals surface area contributed by atoms with Crippen LogP contribution < -0.4 is 16.0 Å². The molecule has 110 valence electrons. The van der Waals surface area contributed by atoms with Gasteiger partial charge in [0.15, 0.2) is 0 Å². The van der Waals surface area contributed by atoms with E-state index in [2.05, 4.69) is 5.32 Å². The van der Waals surface area contributed by atoms with Crippen LogP contribution in [0.5, 0.6) is 0 Å². The van der Waals surface area contributed by atoms with Gasteiger partial charge in [-0.3, -0.25) is 4.79 Å². The summed E-state index contributed by atoms with van der Waals surface area (Å²) in [5.41, 5.74) is 6.48. The number of nitrogens with two attached hydrogens (primary N) is 1. The number of nitrogen functional groups attached to an aromatic ring is 1. The van der Waals surface area contributed by atoms with Crippen LogP contribution in [0.4, 0.5) is 11.4 Å². The van der Waals surface area contributed by atoms with Crippen LogP contribution in [0.15, 0.2) is 18.2 Å². The highest BCUT2D eigenvalue weighted by Gasteiger charge is 2.15. The second kappa shape index (κ2) is 7.34. The van der Waals surface area contributed by atoms with Crippen LogP contribution in [0, 0.1) is 0 Å². The minimum absolute atomic E-state index is 0.0224. The van der Waals surface area contributed by atoms with Gasteiger partial charge in [0, 0.05) is 20.7 Å². The smallest absolute Gasteiger partial charge is 0.337 e. The highest BCUT2D eigenvalue weighted by molar-refractivity contribution is 5.97. The van der Waals surface area contributed by atoms with Crippen LogP contribution in [0.2, 0.25) is 0 Å². The molecule has 1 rings (SSSR count). The van der Waals surface area contributed by atoms with Gasteiger partial charge in [0.25, 0.3) is 0 Å². The Morgan fingerprint density at radius 2 is 2.15 bits per heavy atom. The molecule has 7 nitrogen and oxygen atoms in total. The molecule has 0 aliphatic heterocycles. The Hall–Kier alpha value is -2.28. The third kappa shape index (κ3) is 4.13. The number of hydrogen-bond acceptors (Lipinski definition) is 5. The number of methoxy groups -OCH3 is 1. The van der Waals surface area contributed by atoms with E-state index in [0.29, 0.717) is 18.8 Å². The summed E-state index contributed by atoms with van der Waals surface area (Å²) in [5, 5.41) is 11.7. The largest absolute Gasteiger partial charge is 0.478 e. The van der Waals surface area contributed by atoms with E-state index in [1.807, 2.05) is 0 Å². The van der Waals surface area contributed by atoms with Crippen molar-refractivity contribution in [2.75, 3.05) is 44.5 Å². The number of carbonyl (C=O) groups excluding carboxylic acids is 1. The Morgan fingerprint density at radius 3 is 2.75 bits per heavy atom. The summed E-state index contributed by atoms with van der Waals surface area (Å²) < 4.78 is 4.83. The summed E-state index contributed by atoms with van der Waals surface area (Å²) in [5.74, 6) is -1.29. The first-order chi connectivity index (χ1) is 9.47. The fourth-order valence-corrected chi connectivity index (χ4v) is 1.72. The van der Waals surface area contributed by atoms with Crippen molar-refractivity contribution in [2.45, 2.75) is 0 Å². The number of amides is 1. The maximum Gasteiger partial charge on any atom is 0.337 e. The molecule has 0 aliphatic carbocycles. The van der Waals surface area contributed by atoms with E-state index in [1.54, 1.807) is 31.2 Å². The van der Waals surface area contributed by atoms with E-state index in [1.165, 1.54) is 6.07 Å². The molecule has 4 N–H and O–H groups in total. The summed E-state index contributed by atoms with van der Waals surface area (Å²) >= 11 is 0. The van der Waals surface area contributed by atoms with Crippen LogP contribution in [-0.4, -0.2) is 50.8 Å². The molecule has 0 bridgehead atoms. The Morgan fingerprint density at radius 1 is 1.45 bits per heavy atom. The number of nitrogens with one attached hydrogen (secondary N) is 1. The molecule has 0 aromatic heterocycles. The van der Waals surface area contributed by atoms with Crippen molar-refractivity contribution >= 4 is 23.3 Å². The Balaban J connectivity index is 2.72. The first-order valence-electron chi connectivity index (χ1n) is 6.06. The van der Waals surface area contributed by atoms with E-state index in [0.717, 1.165) is 0 Å². The van der Waals surface area contributed by atoms with Crippen molar-refractivity contribution in [3.63, 3.8) is 0 Å². The summed E-state index contributed by atoms with van der Waals surface area (Å²) in [6.45, 7) is 0.941. The van der Waals surface area contributed by atoms with Crippen LogP contribution in [0.1, 0.15) is 10.4 Å². The first-order valence-corrected chi connectivity index (χ1v) is 6.06. The van der Waals surface area contributed by atoms with Crippen molar-refractivity contribution in [3.8, 4) is 0 Å². The molecule has 0 radical (unpaired) electrons. The van der Waals surface area contributed by atoms with Crippen molar-refractivity contribution < 1.29 is 19.4 Å². The molecule has 7 heteroatoms. The maximum atomic E-state index is 11.7. The molecule has 0 aliphatic rings. The van der Waals surface area contributed by atoms with E-state index in [-0.39, 0.29) is 23.7 Å². The Labute approximate surface area is 117 Å². The van der Waals surface area contributed by atoms with Gasteiger partial charge in [0.05, 0.1) is 30.1 Å². The Kier molecular flexibility index (Phi) is 5.79. The van der Waals surface area contributed by atoms with Crippen molar-refractivity contribution in [1.29, 1.82) is 0 Å². The topological polar surface area (TPSA) is 105 Å². The number of para-hydroxylation sites is 1. The first kappa shape index (κ1) is 15.8. The summed E-state index contributed by atoms with van der Waals surface area (Å²) in [4.78, 5) is 24.3. The number of carboxylic acid groups (broad SMARTS) is 1. The molecule has 0 fully saturated rings. The lowest BCUT2D eigenvalue weighted by molar-refractivity contribution is -0.119. The minimum atomic E-state index is -1.10. The number of aromatic carboxylic acids is 1. The van der Waals surface area contributed by atoms with Crippen LogP contribution >= 0.6 is 0 Å². The van der Waals surface area contributed by atoms with E-state index in [9.17, 15) is 9.59 Å². The van der Waals surface area contributed by atoms with Gasteiger partial charge in [0.1, 0.15) is 0 Å². The molecular formula is C13H19N3O4. The van der Waals surface area contributed by atoms with Crippen molar-refractivity contribution in [1.82, 2.24) is 5.32 Å². The van der Waals surface area contributed by atoms with Crippen LogP contribution in [-0.2, 0) is 9.53 Å². The average Bonchev–Trinajstić information content (AvgIpc) is 2.38. The van der Waals surface area contributed by atoms with Crippen LogP contribution in [0.3, 0.4) is 0 Å². The second-order valence-electron chi connectivity index (χ2n) is 4.24. The number of anilines is 2. The number of carboxylic acids is 1. The zero-order valence-corrected chi connectivity index (χ0v) is 11.5. The van der Waals surface area contributed by atoms with Gasteiger partial charge in [0.2, 0.25) is 5.91 Å². The highest BCUT2D eigenvalue weighted by atomic mass is 16.5. The summed E-state index contributed by atoms with van der Waals surface area (Å²) in [6.07, 6.45) is 0. The fraction of sp³-hybridized carbons (Fsp3) is 0.385. The number of ether oxygens (including phenoxy) is 1. The lowest BCUT2D eigenvalue weighted by Gasteiger charge is -2.21. The fourth-order valence-electron chi connectivity index (χ4n) is 1.72. The molecule has 0 unspecified atom stereocenters. The van der Waals surface area contributed by atoms with E-state index < -0.39 is 5.97 Å². The molecule has 0 spiro atoms. The standard InChI is InChI=1S/C13H19N3O4/c1-16(8-11(17)15-6-7-20-2)10-5-3-4-9(12(10)14)13(18)19/h3-5H,6-8,14H2,1-2H3,(H,15,17)(H,18,19). The van der Waals surface area contributed by atoms with Gasteiger partial charge >= 0.3 is 5.97 Å². The lowest BCUT2D eigenvalue weighted by atomic mass is 10.1. The quantitative estimate of drug-likeness (QED) is 0.486. The number of benzene rings is 1. The minimum Gasteiger partial charge on any atom is -0.478 e. The Bertz CT molecular complexity index is 491. The number of likely N-dealkylation sites (N-methyl/N-ethyl adjacent to an activating group) is 1. The number of carbonyl (C=O) groups is 2. The summed E-state index contributed by atoms with van der Waals surface area (Å²) in [7, 11) is 3.23. The third-order valence-corrected chi connectivity index (χ3v) is 2.73. The molecule has 20 heavy (non-hydrogen) atoms. The van der Waals surface area contributed by atoms with Crippen LogP contribution in [0.25, 0.3) is 0 Å². The predicted molar refractivity (Wildman–Crippen MR) is 76.0 cm³/mol. The van der Waals surface area contributed by atoms with Gasteiger partial charge in [-0.15, -0.1) is 0 Å². The number of hydrogen-bond donors (Lipinski definition) is 3. The monoisotopic (exact) mass is 281 g/mol. The van der Waals surface area contributed by atoms with Gasteiger partial charge in [-0.05, 0) is 12.1 Å². The maximum absolute atomic E-state index is 11.7. The van der Waals surface area contributed by atoms with Gasteiger partial charge in [-0.1, -0.05) is 6.07 Å². The second-order valence-corrected chi connectivity index (χ2v) is 4.24. The predicted octanol–water partition coefficient (Wildman–Crippen LogP) is 0.166. The third-order valence-electron chi connectivity index (χ3n) is 2.73. The SMILES string of the molecule is COCCNC(=O)CN(C)c1cccc(C(=O)O)c1N. The van der Waals surface area contributed by atoms with Crippen molar-refractivity contribution in [3.05, 3.63) is 23.8 Å². The number of rotatable bonds is 7. The van der Waals surface area contributed by atoms with Gasteiger partial charge < -0.3 is 25.8 Å². The normalized spacial score (nSPS) is 10.1. The number of nitrogens with zero attached hydrogens (tertiary/aromatic N) is 1. The van der Waals surface area contributed by atoms with E-state index >= 15 is 0 Å². The molecule has 0 atom stereocenters. The van der Waals surface area contributed by atoms with E-state index in [4.69, 9.17) is 15.6 Å². The average molecular weight is 281 g/mol. The molecule has 1 amide bonds. The lowest BCUT2D eigenvalue weighted by Crippen LogP contribution is -2.37. The van der Waals surface area contributed by atoms with Gasteiger partial charge in [-0.25, -0.2) is 4.79 Å². The molecule has 0 saturated carbocycles. The molecule has 0 heterocycles. The van der Waals surface area contributed by atoms with Gasteiger partial charge in [-0.2, -0.15) is 0 Å². The molecule has 1 aromatic rings. The molecule has 1 aromatic carbocycles. The molecular weight excluding hydrogens is 262 g/mol.